The highest BCUT2D eigenvalue weighted by Crippen LogP contribution is 2.44. The van der Waals surface area contributed by atoms with Crippen LogP contribution in [-0.4, -0.2) is 177 Å². The van der Waals surface area contributed by atoms with Gasteiger partial charge in [0.05, 0.1) is 47.5 Å². The molecule has 0 spiro atoms. The van der Waals surface area contributed by atoms with E-state index in [0.717, 1.165) is 18.6 Å². The third kappa shape index (κ3) is 13.5. The third-order valence-electron chi connectivity index (χ3n) is 14.9. The first-order valence-corrected chi connectivity index (χ1v) is 25.7. The van der Waals surface area contributed by atoms with Gasteiger partial charge >= 0.3 is 11.9 Å². The minimum atomic E-state index is -1.83. The van der Waals surface area contributed by atoms with E-state index in [-0.39, 0.29) is 37.3 Å². The van der Waals surface area contributed by atoms with Crippen LogP contribution in [0.15, 0.2) is 0 Å². The van der Waals surface area contributed by atoms with Gasteiger partial charge in [0, 0.05) is 55.0 Å². The Hall–Kier alpha value is -0.800. The van der Waals surface area contributed by atoms with Crippen molar-refractivity contribution in [2.75, 3.05) is 40.6 Å². The summed E-state index contributed by atoms with van der Waals surface area (Å²) in [6.07, 6.45) is -4.44. The predicted molar refractivity (Wildman–Crippen MR) is 245 cm³/mol. The highest BCUT2D eigenvalue weighted by Gasteiger charge is 2.53. The molecule has 4 rings (SSSR count). The van der Waals surface area contributed by atoms with E-state index in [4.69, 9.17) is 28.4 Å². The number of carboxylic acids is 1. The first-order chi connectivity index (χ1) is 29.3. The van der Waals surface area contributed by atoms with Gasteiger partial charge in [-0.1, -0.05) is 42.4 Å². The van der Waals surface area contributed by atoms with E-state index in [1.807, 2.05) is 68.4 Å². The Kier molecular flexibility index (Phi) is 20.0. The Morgan fingerprint density at radius 2 is 1.65 bits per heavy atom. The van der Waals surface area contributed by atoms with Gasteiger partial charge in [0.25, 0.3) is 0 Å². The largest absolute Gasteiger partial charge is 0.481 e. The number of aliphatic carboxylic acids is 1. The maximum absolute atomic E-state index is 14.5. The SMILES string of the molecule is CC[C@H]1OC(=O)[C@H](C)[C@@H](O[C@H]2C[C@@](C)(OC)[C@@H](O)[C@H](C)O2)[C@H](C)[C@@H](OC2OC(C)CCC2[C@H](C[C@@H](C[C@@H]2CCSS2)N(C)C)C(=O)O)[C@](C)(O)C[C@@H](C)CN(C)[C@H](C)[C@@H](O)[C@]1(C)O. The molecule has 0 radical (unpaired) electrons. The zero-order chi connectivity index (χ0) is 47.4. The summed E-state index contributed by atoms with van der Waals surface area (Å²) < 4.78 is 38.8. The summed E-state index contributed by atoms with van der Waals surface area (Å²) in [5.74, 6) is -3.94. The molecule has 3 unspecified atom stereocenters. The molecule has 0 aliphatic carbocycles. The second-order valence-electron chi connectivity index (χ2n) is 20.5. The highest BCUT2D eigenvalue weighted by atomic mass is 33.1. The smallest absolute Gasteiger partial charge is 0.311 e. The molecule has 0 aromatic carbocycles. The van der Waals surface area contributed by atoms with Crippen LogP contribution in [0.5, 0.6) is 0 Å². The molecule has 0 amide bonds. The van der Waals surface area contributed by atoms with E-state index in [9.17, 15) is 35.1 Å². The number of nitrogens with zero attached hydrogens (tertiary/aromatic N) is 2. The average molecular weight is 937 g/mol. The Bertz CT molecular complexity index is 1460. The van der Waals surface area contributed by atoms with E-state index in [1.54, 1.807) is 41.5 Å². The van der Waals surface area contributed by atoms with Crippen molar-refractivity contribution in [3.63, 3.8) is 0 Å². The monoisotopic (exact) mass is 937 g/mol. The van der Waals surface area contributed by atoms with Crippen molar-refractivity contribution < 1.29 is 63.5 Å². The Morgan fingerprint density at radius 1 is 0.984 bits per heavy atom. The van der Waals surface area contributed by atoms with Gasteiger partial charge in [0.15, 0.2) is 12.6 Å². The number of carboxylic acid groups (broad SMARTS) is 1. The van der Waals surface area contributed by atoms with Gasteiger partial charge < -0.3 is 63.8 Å². The molecular weight excluding hydrogens is 853 g/mol. The third-order valence-corrected chi connectivity index (χ3v) is 17.9. The van der Waals surface area contributed by atoms with Gasteiger partial charge in [0.2, 0.25) is 0 Å². The fourth-order valence-corrected chi connectivity index (χ4v) is 13.7. The summed E-state index contributed by atoms with van der Waals surface area (Å²) in [6.45, 7) is 18.1. The van der Waals surface area contributed by atoms with Crippen molar-refractivity contribution in [2.45, 2.75) is 210 Å². The summed E-state index contributed by atoms with van der Waals surface area (Å²) in [7, 11) is 11.1. The second-order valence-corrected chi connectivity index (χ2v) is 23.3. The van der Waals surface area contributed by atoms with Crippen LogP contribution < -0.4 is 0 Å². The quantitative estimate of drug-likeness (QED) is 0.120. The standard InChI is InChI=1S/C46H84N2O13S2/c1-15-35-46(10,55)38(49)29(6)48(13)24-25(2)22-44(8,54)40(27(4)37(28(5)42(53)59-35)60-36-23-45(9,56-14)39(50)30(7)58-36)61-43-33(17-16-26(3)57-43)34(41(51)52)21-31(47(11)12)20-32-18-19-62-63-32/h25-40,43,49-50,54-55H,15-24H2,1-14H3,(H,51,52)/t25-,26?,27+,28-,29-,30+,31-,32+,33?,34+,35-,36+,37+,38-,39+,40-,43?,44-,45-,46-/m1/s1. The number of carbonyl (C=O) groups excluding carboxylic acids is 1. The number of methoxy groups -OCH3 is 1. The van der Waals surface area contributed by atoms with E-state index < -0.39 is 108 Å². The lowest BCUT2D eigenvalue weighted by Crippen LogP contribution is -2.59. The molecule has 368 valence electrons. The molecule has 0 aromatic rings. The molecule has 4 aliphatic heterocycles. The van der Waals surface area contributed by atoms with Crippen molar-refractivity contribution >= 4 is 33.5 Å². The summed E-state index contributed by atoms with van der Waals surface area (Å²) >= 11 is 0. The molecule has 63 heavy (non-hydrogen) atoms. The Morgan fingerprint density at radius 3 is 2.22 bits per heavy atom. The number of esters is 1. The van der Waals surface area contributed by atoms with Crippen LogP contribution in [0.25, 0.3) is 0 Å². The summed E-state index contributed by atoms with van der Waals surface area (Å²) in [6, 6.07) is -0.559. The van der Waals surface area contributed by atoms with Gasteiger partial charge in [-0.25, -0.2) is 0 Å². The minimum absolute atomic E-state index is 0.00748. The molecule has 4 saturated heterocycles. The van der Waals surface area contributed by atoms with Gasteiger partial charge in [-0.15, -0.1) is 0 Å². The van der Waals surface area contributed by atoms with E-state index >= 15 is 0 Å². The van der Waals surface area contributed by atoms with E-state index in [1.165, 1.54) is 14.0 Å². The lowest BCUT2D eigenvalue weighted by molar-refractivity contribution is -0.313. The molecule has 4 fully saturated rings. The first kappa shape index (κ1) is 54.8. The van der Waals surface area contributed by atoms with Gasteiger partial charge in [-0.3, -0.25) is 9.59 Å². The molecule has 0 saturated carbocycles. The number of carbonyl (C=O) groups is 2. The maximum Gasteiger partial charge on any atom is 0.311 e. The number of cyclic esters (lactones) is 1. The van der Waals surface area contributed by atoms with Crippen molar-refractivity contribution in [1.29, 1.82) is 0 Å². The Labute approximate surface area is 385 Å². The zero-order valence-corrected chi connectivity index (χ0v) is 42.2. The van der Waals surface area contributed by atoms with Gasteiger partial charge in [-0.2, -0.15) is 0 Å². The Balaban J connectivity index is 1.84. The van der Waals surface area contributed by atoms with Gasteiger partial charge in [-0.05, 0) is 120 Å². The van der Waals surface area contributed by atoms with Crippen LogP contribution in [0.2, 0.25) is 0 Å². The number of aliphatic hydroxyl groups excluding tert-OH is 2. The van der Waals surface area contributed by atoms with Crippen molar-refractivity contribution in [3.05, 3.63) is 0 Å². The van der Waals surface area contributed by atoms with Crippen molar-refractivity contribution in [3.8, 4) is 0 Å². The number of likely N-dealkylation sites (N-methyl/N-ethyl adjacent to an activating group) is 1. The van der Waals surface area contributed by atoms with E-state index in [0.29, 0.717) is 31.1 Å². The molecule has 0 bridgehead atoms. The van der Waals surface area contributed by atoms with Crippen LogP contribution in [0, 0.1) is 29.6 Å². The molecule has 15 nitrogen and oxygen atoms in total. The van der Waals surface area contributed by atoms with Crippen LogP contribution in [-0.2, 0) is 38.0 Å². The molecule has 5 N–H and O–H groups in total. The fraction of sp³-hybridized carbons (Fsp3) is 0.957. The van der Waals surface area contributed by atoms with Crippen LogP contribution in [0.4, 0.5) is 0 Å². The lowest BCUT2D eigenvalue weighted by atomic mass is 9.77. The number of ether oxygens (including phenoxy) is 6. The zero-order valence-electron chi connectivity index (χ0n) is 40.6. The topological polar surface area (TPSA) is 197 Å². The second kappa shape index (κ2) is 23.0. The fourth-order valence-electron chi connectivity index (χ4n) is 10.7. The predicted octanol–water partition coefficient (Wildman–Crippen LogP) is 5.18. The normalized spacial score (nSPS) is 45.3. The summed E-state index contributed by atoms with van der Waals surface area (Å²) in [5, 5.41) is 58.9. The molecule has 0 aromatic heterocycles. The molecule has 20 atom stereocenters. The molecule has 4 heterocycles. The number of rotatable bonds is 13. The van der Waals surface area contributed by atoms with Crippen LogP contribution in [0.3, 0.4) is 0 Å². The number of aliphatic hydroxyl groups is 4. The van der Waals surface area contributed by atoms with Crippen molar-refractivity contribution in [1.82, 2.24) is 9.80 Å². The molecule has 4 aliphatic rings. The first-order valence-electron chi connectivity index (χ1n) is 23.3. The number of hydrogen-bond acceptors (Lipinski definition) is 16. The molecule has 17 heteroatoms. The summed E-state index contributed by atoms with van der Waals surface area (Å²) in [5.41, 5.74) is -4.50. The number of hydrogen-bond donors (Lipinski definition) is 5. The van der Waals surface area contributed by atoms with Gasteiger partial charge in [0.1, 0.15) is 23.9 Å². The van der Waals surface area contributed by atoms with Crippen LogP contribution >= 0.6 is 21.6 Å². The lowest BCUT2D eigenvalue weighted by Gasteiger charge is -2.48. The van der Waals surface area contributed by atoms with Crippen LogP contribution in [0.1, 0.15) is 121 Å². The molecular formula is C46H84N2O13S2. The average Bonchev–Trinajstić information content (AvgIpc) is 3.73. The maximum atomic E-state index is 14.5. The summed E-state index contributed by atoms with van der Waals surface area (Å²) in [4.78, 5) is 32.0. The van der Waals surface area contributed by atoms with Crippen molar-refractivity contribution in [2.24, 2.45) is 29.6 Å². The van der Waals surface area contributed by atoms with E-state index in [2.05, 4.69) is 4.90 Å². The minimum Gasteiger partial charge on any atom is -0.481 e. The highest BCUT2D eigenvalue weighted by molar-refractivity contribution is 8.77.